The minimum absolute atomic E-state index is 0.0835. The average molecular weight is 548 g/mol. The fourth-order valence-electron chi connectivity index (χ4n) is 4.36. The monoisotopic (exact) mass is 547 g/mol. The number of urea groups is 1. The molecule has 1 fully saturated rings. The zero-order valence-corrected chi connectivity index (χ0v) is 22.6. The Morgan fingerprint density at radius 2 is 1.88 bits per heavy atom. The van der Waals surface area contributed by atoms with Gasteiger partial charge in [0.15, 0.2) is 0 Å². The molecule has 0 aliphatic heterocycles. The lowest BCUT2D eigenvalue weighted by Gasteiger charge is -2.21. The number of ether oxygens (including phenoxy) is 2. The number of benzene rings is 2. The number of amides is 2. The molecule has 2 amide bonds. The Labute approximate surface area is 232 Å². The van der Waals surface area contributed by atoms with Crippen LogP contribution in [0.25, 0.3) is 22.3 Å². The van der Waals surface area contributed by atoms with Crippen molar-refractivity contribution < 1.29 is 23.8 Å². The van der Waals surface area contributed by atoms with E-state index in [2.05, 4.69) is 39.3 Å². The van der Waals surface area contributed by atoms with E-state index in [1.807, 2.05) is 30.3 Å². The van der Waals surface area contributed by atoms with Crippen molar-refractivity contribution in [2.24, 2.45) is 0 Å². The first-order valence-electron chi connectivity index (χ1n) is 13.6. The first-order chi connectivity index (χ1) is 19.4. The van der Waals surface area contributed by atoms with Crippen molar-refractivity contribution in [3.05, 3.63) is 66.6 Å². The summed E-state index contributed by atoms with van der Waals surface area (Å²) in [5, 5.41) is 16.3. The van der Waals surface area contributed by atoms with E-state index in [4.69, 9.17) is 9.47 Å². The quantitative estimate of drug-likeness (QED) is 0.186. The molecule has 2 aromatic carbocycles. The molecule has 0 unspecified atom stereocenters. The number of anilines is 1. The third-order valence-corrected chi connectivity index (χ3v) is 6.79. The van der Waals surface area contributed by atoms with Gasteiger partial charge in [-0.1, -0.05) is 13.8 Å². The maximum atomic E-state index is 14.7. The SMILES string of the molecule is CCN(CC)C[C@@H](O)COc1ccc(-c2cc3c(Oc4ccc(NC(=O)NC5CC5)c(F)c4)ccnc3[nH]2)cc1. The number of hydrogen-bond donors (Lipinski definition) is 4. The van der Waals surface area contributed by atoms with Gasteiger partial charge in [0.25, 0.3) is 0 Å². The number of hydrogen-bond acceptors (Lipinski definition) is 6. The van der Waals surface area contributed by atoms with Crippen molar-refractivity contribution in [3.63, 3.8) is 0 Å². The van der Waals surface area contributed by atoms with Gasteiger partial charge < -0.3 is 35.1 Å². The zero-order chi connectivity index (χ0) is 28.1. The molecule has 0 radical (unpaired) electrons. The molecule has 210 valence electrons. The summed E-state index contributed by atoms with van der Waals surface area (Å²) in [6, 6.07) is 15.3. The molecule has 4 aromatic rings. The van der Waals surface area contributed by atoms with Crippen molar-refractivity contribution >= 4 is 22.8 Å². The number of pyridine rings is 1. The van der Waals surface area contributed by atoms with Crippen LogP contribution in [0.5, 0.6) is 17.2 Å². The van der Waals surface area contributed by atoms with Gasteiger partial charge >= 0.3 is 6.03 Å². The van der Waals surface area contributed by atoms with Crippen molar-refractivity contribution in [1.82, 2.24) is 20.2 Å². The van der Waals surface area contributed by atoms with Crippen molar-refractivity contribution in [3.8, 4) is 28.5 Å². The highest BCUT2D eigenvalue weighted by Crippen LogP contribution is 2.34. The summed E-state index contributed by atoms with van der Waals surface area (Å²) in [5.74, 6) is 0.892. The smallest absolute Gasteiger partial charge is 0.319 e. The van der Waals surface area contributed by atoms with Gasteiger partial charge in [-0.2, -0.15) is 0 Å². The van der Waals surface area contributed by atoms with Crippen LogP contribution in [0.15, 0.2) is 60.8 Å². The van der Waals surface area contributed by atoms with Gasteiger partial charge in [0.05, 0.1) is 11.1 Å². The number of carbonyl (C=O) groups is 1. The van der Waals surface area contributed by atoms with Gasteiger partial charge in [-0.15, -0.1) is 0 Å². The van der Waals surface area contributed by atoms with E-state index in [1.165, 1.54) is 12.1 Å². The maximum absolute atomic E-state index is 14.7. The fourth-order valence-corrected chi connectivity index (χ4v) is 4.36. The molecule has 2 heterocycles. The van der Waals surface area contributed by atoms with Gasteiger partial charge in [-0.05, 0) is 80.0 Å². The van der Waals surface area contributed by atoms with E-state index in [-0.39, 0.29) is 18.3 Å². The highest BCUT2D eigenvalue weighted by atomic mass is 19.1. The van der Waals surface area contributed by atoms with Crippen molar-refractivity contribution in [1.29, 1.82) is 0 Å². The fraction of sp³-hybridized carbons (Fsp3) is 0.333. The number of nitrogens with zero attached hydrogens (tertiary/aromatic N) is 2. The molecule has 2 aromatic heterocycles. The Bertz CT molecular complexity index is 1450. The predicted octanol–water partition coefficient (Wildman–Crippen LogP) is 5.53. The van der Waals surface area contributed by atoms with E-state index >= 15 is 0 Å². The molecule has 0 spiro atoms. The molecule has 4 N–H and O–H groups in total. The summed E-state index contributed by atoms with van der Waals surface area (Å²) in [7, 11) is 0. The number of aliphatic hydroxyl groups excluding tert-OH is 1. The van der Waals surface area contributed by atoms with Crippen LogP contribution in [-0.4, -0.2) is 64.4 Å². The molecule has 1 atom stereocenters. The van der Waals surface area contributed by atoms with Crippen LogP contribution < -0.4 is 20.1 Å². The van der Waals surface area contributed by atoms with Gasteiger partial charge in [0.2, 0.25) is 0 Å². The maximum Gasteiger partial charge on any atom is 0.319 e. The molecule has 5 rings (SSSR count). The van der Waals surface area contributed by atoms with E-state index in [0.717, 1.165) is 42.6 Å². The number of carbonyl (C=O) groups excluding carboxylic acids is 1. The number of rotatable bonds is 12. The molecule has 1 aliphatic rings. The van der Waals surface area contributed by atoms with Crippen LogP contribution in [-0.2, 0) is 0 Å². The Kier molecular flexibility index (Phi) is 8.47. The summed E-state index contributed by atoms with van der Waals surface area (Å²) in [4.78, 5) is 21.8. The van der Waals surface area contributed by atoms with E-state index in [1.54, 1.807) is 18.3 Å². The molecular formula is C30H34FN5O4. The molecule has 0 bridgehead atoms. The summed E-state index contributed by atoms with van der Waals surface area (Å²) in [6.45, 7) is 6.70. The highest BCUT2D eigenvalue weighted by molar-refractivity contribution is 5.90. The van der Waals surface area contributed by atoms with Crippen LogP contribution >= 0.6 is 0 Å². The largest absolute Gasteiger partial charge is 0.491 e. The van der Waals surface area contributed by atoms with Crippen molar-refractivity contribution in [2.75, 3.05) is 31.6 Å². The first kappa shape index (κ1) is 27.4. The van der Waals surface area contributed by atoms with E-state index in [0.29, 0.717) is 29.4 Å². The summed E-state index contributed by atoms with van der Waals surface area (Å²) in [6.07, 6.45) is 2.95. The van der Waals surface area contributed by atoms with Crippen LogP contribution in [0.3, 0.4) is 0 Å². The Balaban J connectivity index is 1.24. The summed E-state index contributed by atoms with van der Waals surface area (Å²) < 4.78 is 26.4. The minimum Gasteiger partial charge on any atom is -0.491 e. The van der Waals surface area contributed by atoms with Crippen LogP contribution in [0, 0.1) is 5.82 Å². The molecule has 1 aliphatic carbocycles. The lowest BCUT2D eigenvalue weighted by molar-refractivity contribution is 0.0716. The van der Waals surface area contributed by atoms with E-state index in [9.17, 15) is 14.3 Å². The average Bonchev–Trinajstić information content (AvgIpc) is 3.66. The lowest BCUT2D eigenvalue weighted by Crippen LogP contribution is -2.35. The zero-order valence-electron chi connectivity index (χ0n) is 22.6. The standard InChI is InChI=1S/C30H34FN5O4/c1-3-36(4-2)17-21(37)18-39-22-9-5-19(6-10-22)27-16-24-28(13-14-32-29(24)34-27)40-23-11-12-26(25(31)15-23)35-30(38)33-20-7-8-20/h5-6,9-16,20-21,37H,3-4,7-8,17-18H2,1-2H3,(H,32,34)(H2,33,35,38)/t21-/m1/s1. The Morgan fingerprint density at radius 1 is 1.12 bits per heavy atom. The Morgan fingerprint density at radius 3 is 2.58 bits per heavy atom. The Hall–Kier alpha value is -4.15. The number of aliphatic hydroxyl groups is 1. The van der Waals surface area contributed by atoms with Gasteiger partial charge in [0.1, 0.15) is 41.4 Å². The number of likely N-dealkylation sites (N-methyl/N-ethyl adjacent to an activating group) is 1. The molecule has 10 heteroatoms. The minimum atomic E-state index is -0.591. The molecule has 1 saturated carbocycles. The van der Waals surface area contributed by atoms with E-state index < -0.39 is 18.0 Å². The van der Waals surface area contributed by atoms with Crippen LogP contribution in [0.4, 0.5) is 14.9 Å². The number of aromatic nitrogens is 2. The normalized spacial score (nSPS) is 13.8. The molecule has 9 nitrogen and oxygen atoms in total. The third kappa shape index (κ3) is 6.88. The summed E-state index contributed by atoms with van der Waals surface area (Å²) >= 11 is 0. The number of nitrogens with one attached hydrogen (secondary N) is 3. The van der Waals surface area contributed by atoms with Gasteiger partial charge in [-0.3, -0.25) is 0 Å². The molecule has 40 heavy (non-hydrogen) atoms. The third-order valence-electron chi connectivity index (χ3n) is 6.79. The van der Waals surface area contributed by atoms with Gasteiger partial charge in [0, 0.05) is 30.5 Å². The second-order valence-corrected chi connectivity index (χ2v) is 9.85. The summed E-state index contributed by atoms with van der Waals surface area (Å²) in [5.41, 5.74) is 2.47. The first-order valence-corrected chi connectivity index (χ1v) is 13.6. The number of aromatic amines is 1. The second-order valence-electron chi connectivity index (χ2n) is 9.85. The number of H-pyrrole nitrogens is 1. The molecule has 0 saturated heterocycles. The lowest BCUT2D eigenvalue weighted by atomic mass is 10.1. The topological polar surface area (TPSA) is 112 Å². The predicted molar refractivity (Wildman–Crippen MR) is 152 cm³/mol. The van der Waals surface area contributed by atoms with Gasteiger partial charge in [-0.25, -0.2) is 14.2 Å². The second kappa shape index (κ2) is 12.4. The number of halogens is 1. The van der Waals surface area contributed by atoms with Crippen LogP contribution in [0.2, 0.25) is 0 Å². The molecular weight excluding hydrogens is 513 g/mol. The number of fused-ring (bicyclic) bond motifs is 1. The van der Waals surface area contributed by atoms with Crippen molar-refractivity contribution in [2.45, 2.75) is 38.8 Å². The van der Waals surface area contributed by atoms with Crippen LogP contribution in [0.1, 0.15) is 26.7 Å². The highest BCUT2D eigenvalue weighted by Gasteiger charge is 2.23.